The highest BCUT2D eigenvalue weighted by Gasteiger charge is 2.30. The van der Waals surface area contributed by atoms with Crippen molar-refractivity contribution in [2.45, 2.75) is 37.8 Å². The molecule has 0 spiro atoms. The molecule has 0 aromatic rings. The number of esters is 1. The number of carbonyl (C=O) groups excluding carboxylic acids is 4. The first-order chi connectivity index (χ1) is 8.93. The van der Waals surface area contributed by atoms with Crippen molar-refractivity contribution >= 4 is 23.7 Å². The maximum atomic E-state index is 11.8. The van der Waals surface area contributed by atoms with Crippen molar-refractivity contribution < 1.29 is 23.9 Å². The van der Waals surface area contributed by atoms with Gasteiger partial charge in [0.15, 0.2) is 0 Å². The zero-order chi connectivity index (χ0) is 14.4. The van der Waals surface area contributed by atoms with Crippen LogP contribution in [0.25, 0.3) is 0 Å². The van der Waals surface area contributed by atoms with Gasteiger partial charge >= 0.3 is 5.97 Å². The van der Waals surface area contributed by atoms with E-state index in [1.807, 2.05) is 0 Å². The molecule has 0 saturated carbocycles. The molecule has 0 bridgehead atoms. The molecule has 2 unspecified atom stereocenters. The van der Waals surface area contributed by atoms with Crippen LogP contribution in [0, 0.1) is 0 Å². The Morgan fingerprint density at radius 1 is 1.53 bits per heavy atom. The van der Waals surface area contributed by atoms with Crippen molar-refractivity contribution in [3.05, 3.63) is 0 Å². The average molecular weight is 271 g/mol. The molecular weight excluding hydrogens is 254 g/mol. The van der Waals surface area contributed by atoms with Crippen molar-refractivity contribution in [2.24, 2.45) is 5.73 Å². The Hall–Kier alpha value is -2.12. The third-order valence-electron chi connectivity index (χ3n) is 2.79. The van der Waals surface area contributed by atoms with Gasteiger partial charge in [-0.1, -0.05) is 0 Å². The Bertz CT molecular complexity index is 396. The Labute approximate surface area is 110 Å². The summed E-state index contributed by atoms with van der Waals surface area (Å²) in [6, 6.07) is -1.59. The lowest BCUT2D eigenvalue weighted by molar-refractivity contribution is -0.145. The van der Waals surface area contributed by atoms with E-state index in [-0.39, 0.29) is 25.2 Å². The summed E-state index contributed by atoms with van der Waals surface area (Å²) in [4.78, 5) is 45.0. The van der Waals surface area contributed by atoms with Crippen LogP contribution >= 0.6 is 0 Å². The number of nitrogens with one attached hydrogen (secondary N) is 2. The predicted octanol–water partition coefficient (Wildman–Crippen LogP) is -1.81. The van der Waals surface area contributed by atoms with E-state index >= 15 is 0 Å². The van der Waals surface area contributed by atoms with Crippen molar-refractivity contribution in [3.63, 3.8) is 0 Å². The first-order valence-corrected chi connectivity index (χ1v) is 5.90. The van der Waals surface area contributed by atoms with Crippen LogP contribution in [0.4, 0.5) is 0 Å². The second-order valence-corrected chi connectivity index (χ2v) is 4.25. The van der Waals surface area contributed by atoms with E-state index in [9.17, 15) is 19.2 Å². The van der Waals surface area contributed by atoms with Crippen molar-refractivity contribution in [1.29, 1.82) is 0 Å². The molecule has 106 valence electrons. The van der Waals surface area contributed by atoms with Gasteiger partial charge in [-0.15, -0.1) is 0 Å². The van der Waals surface area contributed by atoms with Crippen LogP contribution in [-0.2, 0) is 23.9 Å². The summed E-state index contributed by atoms with van der Waals surface area (Å²) >= 11 is 0. The van der Waals surface area contributed by atoms with Crippen molar-refractivity contribution in [1.82, 2.24) is 10.6 Å². The normalized spacial score (nSPS) is 19.4. The van der Waals surface area contributed by atoms with Gasteiger partial charge in [0.2, 0.25) is 17.7 Å². The Morgan fingerprint density at radius 2 is 2.21 bits per heavy atom. The molecule has 1 heterocycles. The second-order valence-electron chi connectivity index (χ2n) is 4.25. The van der Waals surface area contributed by atoms with Gasteiger partial charge in [0.25, 0.3) is 0 Å². The van der Waals surface area contributed by atoms with E-state index in [1.54, 1.807) is 0 Å². The van der Waals surface area contributed by atoms with Gasteiger partial charge in [-0.25, -0.2) is 4.79 Å². The summed E-state index contributed by atoms with van der Waals surface area (Å²) in [6.45, 7) is 0. The SMILES string of the molecule is COC(=O)C(CCC(N)=O)NC(=O)C1CCC(=O)N1. The van der Waals surface area contributed by atoms with Crippen molar-refractivity contribution in [3.8, 4) is 0 Å². The van der Waals surface area contributed by atoms with E-state index in [0.29, 0.717) is 6.42 Å². The Morgan fingerprint density at radius 3 is 2.68 bits per heavy atom. The van der Waals surface area contributed by atoms with Crippen LogP contribution in [0.2, 0.25) is 0 Å². The van der Waals surface area contributed by atoms with Crippen LogP contribution < -0.4 is 16.4 Å². The molecule has 8 nitrogen and oxygen atoms in total. The van der Waals surface area contributed by atoms with Gasteiger partial charge in [0.05, 0.1) is 7.11 Å². The molecule has 1 rings (SSSR count). The van der Waals surface area contributed by atoms with Crippen molar-refractivity contribution in [2.75, 3.05) is 7.11 Å². The van der Waals surface area contributed by atoms with Gasteiger partial charge in [0, 0.05) is 12.8 Å². The smallest absolute Gasteiger partial charge is 0.328 e. The van der Waals surface area contributed by atoms with E-state index in [2.05, 4.69) is 15.4 Å². The van der Waals surface area contributed by atoms with Crippen LogP contribution in [0.1, 0.15) is 25.7 Å². The van der Waals surface area contributed by atoms with E-state index in [1.165, 1.54) is 7.11 Å². The Balaban J connectivity index is 2.55. The first-order valence-electron chi connectivity index (χ1n) is 5.90. The lowest BCUT2D eigenvalue weighted by atomic mass is 10.1. The largest absolute Gasteiger partial charge is 0.467 e. The van der Waals surface area contributed by atoms with Gasteiger partial charge in [-0.05, 0) is 12.8 Å². The lowest BCUT2D eigenvalue weighted by Gasteiger charge is -2.18. The summed E-state index contributed by atoms with van der Waals surface area (Å²) in [5.41, 5.74) is 4.99. The monoisotopic (exact) mass is 271 g/mol. The number of methoxy groups -OCH3 is 1. The highest BCUT2D eigenvalue weighted by molar-refractivity contribution is 5.93. The molecule has 8 heteroatoms. The topological polar surface area (TPSA) is 128 Å². The molecule has 1 aliphatic rings. The third kappa shape index (κ3) is 4.57. The zero-order valence-corrected chi connectivity index (χ0v) is 10.6. The summed E-state index contributed by atoms with van der Waals surface area (Å²) < 4.78 is 4.54. The van der Waals surface area contributed by atoms with Crippen LogP contribution in [0.15, 0.2) is 0 Å². The molecule has 19 heavy (non-hydrogen) atoms. The summed E-state index contributed by atoms with van der Waals surface area (Å²) in [5, 5.41) is 4.94. The summed E-state index contributed by atoms with van der Waals surface area (Å²) in [5.74, 6) is -1.89. The maximum Gasteiger partial charge on any atom is 0.328 e. The summed E-state index contributed by atoms with van der Waals surface area (Å²) in [7, 11) is 1.18. The van der Waals surface area contributed by atoms with Gasteiger partial charge in [0.1, 0.15) is 12.1 Å². The maximum absolute atomic E-state index is 11.8. The van der Waals surface area contributed by atoms with E-state index in [4.69, 9.17) is 5.73 Å². The molecule has 3 amide bonds. The predicted molar refractivity (Wildman–Crippen MR) is 63.5 cm³/mol. The fraction of sp³-hybridized carbons (Fsp3) is 0.636. The second kappa shape index (κ2) is 6.72. The number of hydrogen-bond donors (Lipinski definition) is 3. The quantitative estimate of drug-likeness (QED) is 0.490. The van der Waals surface area contributed by atoms with Gasteiger partial charge < -0.3 is 21.1 Å². The molecule has 0 radical (unpaired) electrons. The third-order valence-corrected chi connectivity index (χ3v) is 2.79. The minimum Gasteiger partial charge on any atom is -0.467 e. The average Bonchev–Trinajstić information content (AvgIpc) is 2.79. The summed E-state index contributed by atoms with van der Waals surface area (Å²) in [6.07, 6.45) is 0.683. The number of primary amides is 1. The van der Waals surface area contributed by atoms with Crippen LogP contribution in [0.5, 0.6) is 0 Å². The lowest BCUT2D eigenvalue weighted by Crippen LogP contribution is -2.49. The van der Waals surface area contributed by atoms with Gasteiger partial charge in [-0.3, -0.25) is 14.4 Å². The number of carbonyl (C=O) groups is 4. The minimum atomic E-state index is -0.942. The van der Waals surface area contributed by atoms with E-state index in [0.717, 1.165) is 0 Å². The number of nitrogens with two attached hydrogens (primary N) is 1. The fourth-order valence-corrected chi connectivity index (χ4v) is 1.76. The minimum absolute atomic E-state index is 0.0446. The standard InChI is InChI=1S/C11H17N3O5/c1-19-11(18)7(2-4-8(12)15)14-10(17)6-3-5-9(16)13-6/h6-7H,2-5H2,1H3,(H2,12,15)(H,13,16)(H,14,17). The number of hydrogen-bond acceptors (Lipinski definition) is 5. The van der Waals surface area contributed by atoms with E-state index < -0.39 is 29.9 Å². The number of rotatable bonds is 6. The Kier molecular flexibility index (Phi) is 5.28. The van der Waals surface area contributed by atoms with Gasteiger partial charge in [-0.2, -0.15) is 0 Å². The molecule has 0 aromatic carbocycles. The number of amides is 3. The molecule has 0 aliphatic carbocycles. The molecule has 1 aliphatic heterocycles. The highest BCUT2D eigenvalue weighted by Crippen LogP contribution is 2.08. The molecular formula is C11H17N3O5. The van der Waals surface area contributed by atoms with Crippen LogP contribution in [-0.4, -0.2) is 42.9 Å². The molecule has 0 aromatic heterocycles. The van der Waals surface area contributed by atoms with Crippen LogP contribution in [0.3, 0.4) is 0 Å². The zero-order valence-electron chi connectivity index (χ0n) is 10.6. The highest BCUT2D eigenvalue weighted by atomic mass is 16.5. The molecule has 1 fully saturated rings. The first kappa shape index (κ1) is 14.9. The fourth-order valence-electron chi connectivity index (χ4n) is 1.76. The molecule has 1 saturated heterocycles. The number of ether oxygens (including phenoxy) is 1. The molecule has 4 N–H and O–H groups in total. The molecule has 2 atom stereocenters.